The molecule has 6 aromatic rings. The maximum Gasteiger partial charge on any atom is 0.308 e. The van der Waals surface area contributed by atoms with E-state index < -0.39 is 29.6 Å². The van der Waals surface area contributed by atoms with Crippen molar-refractivity contribution < 1.29 is 29.0 Å². The molecule has 0 bridgehead atoms. The first-order valence-corrected chi connectivity index (χ1v) is 25.1. The van der Waals surface area contributed by atoms with Crippen LogP contribution in [-0.4, -0.2) is 91.0 Å². The number of aliphatic hydroxyl groups is 1. The number of rotatable bonds is 12. The quantitative estimate of drug-likeness (QED) is 0.102. The summed E-state index contributed by atoms with van der Waals surface area (Å²) in [5.74, 6) is -0.295. The van der Waals surface area contributed by atoms with Crippen molar-refractivity contribution in [1.29, 1.82) is 0 Å². The summed E-state index contributed by atoms with van der Waals surface area (Å²) in [6, 6.07) is 21.8. The number of aryl methyl sites for hydroxylation is 3. The number of esters is 1. The Balaban J connectivity index is 0.854. The van der Waals surface area contributed by atoms with E-state index in [0.29, 0.717) is 12.2 Å². The maximum absolute atomic E-state index is 14.4. The van der Waals surface area contributed by atoms with E-state index in [1.54, 1.807) is 22.7 Å². The predicted octanol–water partition coefficient (Wildman–Crippen LogP) is 8.28. The van der Waals surface area contributed by atoms with Crippen molar-refractivity contribution in [2.24, 2.45) is 16.3 Å². The van der Waals surface area contributed by atoms with Gasteiger partial charge in [-0.25, -0.2) is 4.98 Å². The zero-order valence-electron chi connectivity index (χ0n) is 40.4. The van der Waals surface area contributed by atoms with E-state index in [1.165, 1.54) is 12.0 Å². The van der Waals surface area contributed by atoms with Crippen LogP contribution in [0.5, 0.6) is 0 Å². The van der Waals surface area contributed by atoms with Crippen LogP contribution in [0.3, 0.4) is 0 Å². The molecule has 3 N–H and O–H groups in total. The minimum absolute atomic E-state index is 0.00274. The normalized spacial score (nSPS) is 20.5. The molecule has 0 radical (unpaired) electrons. The summed E-state index contributed by atoms with van der Waals surface area (Å²) in [5, 5.41) is 26.7. The van der Waals surface area contributed by atoms with Gasteiger partial charge in [0.2, 0.25) is 17.7 Å². The highest BCUT2D eigenvalue weighted by atomic mass is 32.1. The largest absolute Gasteiger partial charge is 0.469 e. The molecule has 7 atom stereocenters. The van der Waals surface area contributed by atoms with E-state index in [1.807, 2.05) is 75.9 Å². The van der Waals surface area contributed by atoms with Gasteiger partial charge in [0.15, 0.2) is 5.82 Å². The average molecular weight is 967 g/mol. The third-order valence-electron chi connectivity index (χ3n) is 13.8. The molecular formula is C53H58N8O6S2. The Morgan fingerprint density at radius 2 is 1.51 bits per heavy atom. The van der Waals surface area contributed by atoms with Crippen molar-refractivity contribution in [3.8, 4) is 26.6 Å². The first kappa shape index (κ1) is 47.7. The monoisotopic (exact) mass is 966 g/mol. The number of aliphatic hydroxyl groups excluding tert-OH is 1. The lowest BCUT2D eigenvalue weighted by Crippen LogP contribution is -2.58. The summed E-state index contributed by atoms with van der Waals surface area (Å²) in [7, 11) is 1.37. The first-order valence-electron chi connectivity index (χ1n) is 23.4. The second-order valence-electron chi connectivity index (χ2n) is 19.6. The summed E-state index contributed by atoms with van der Waals surface area (Å²) in [5.41, 5.74) is 11.0. The number of methoxy groups -OCH3 is 1. The van der Waals surface area contributed by atoms with Gasteiger partial charge < -0.3 is 25.4 Å². The van der Waals surface area contributed by atoms with Crippen LogP contribution in [0, 0.1) is 39.0 Å². The number of ether oxygens (including phenoxy) is 1. The lowest BCUT2D eigenvalue weighted by atomic mass is 9.85. The number of amides is 3. The first-order chi connectivity index (χ1) is 32.9. The van der Waals surface area contributed by atoms with Gasteiger partial charge in [0.25, 0.3) is 0 Å². The zero-order chi connectivity index (χ0) is 49.1. The Labute approximate surface area is 410 Å². The molecule has 3 aromatic carbocycles. The molecule has 14 nitrogen and oxygen atoms in total. The minimum Gasteiger partial charge on any atom is -0.469 e. The van der Waals surface area contributed by atoms with Gasteiger partial charge in [-0.1, -0.05) is 93.6 Å². The molecule has 358 valence electrons. The van der Waals surface area contributed by atoms with Crippen LogP contribution in [-0.2, 0) is 23.9 Å². The molecule has 69 heavy (non-hydrogen) atoms. The van der Waals surface area contributed by atoms with Crippen molar-refractivity contribution in [2.45, 2.75) is 111 Å². The Bertz CT molecular complexity index is 2970. The second-order valence-corrected chi connectivity index (χ2v) is 21.7. The van der Waals surface area contributed by atoms with Crippen LogP contribution in [0.25, 0.3) is 26.6 Å². The number of carbonyl (C=O) groups excluding carboxylic acids is 4. The number of hydrogen-bond acceptors (Lipinski definition) is 12. The Morgan fingerprint density at radius 3 is 2.14 bits per heavy atom. The minimum atomic E-state index is -0.914. The topological polar surface area (TPSA) is 181 Å². The SMILES string of the molecule is COC(=O)C[C@@H]1N=C(c2ccc(-c3ccc([C@@H]4C[C@H]4C(=O)N[C@H](C(=O)N4C[C@H](O)C[C@H]4C(=O)N[C@@H](C)c4ccc(-c5scnc5C)cc4)C(C)(C)C)cc3)cc2)c2c(sc(C)c2C)-n2c(C)nnc21. The van der Waals surface area contributed by atoms with Gasteiger partial charge in [0.05, 0.1) is 47.5 Å². The summed E-state index contributed by atoms with van der Waals surface area (Å²) in [6.07, 6.45) is -0.0750. The van der Waals surface area contributed by atoms with E-state index in [0.717, 1.165) is 76.5 Å². The molecule has 5 heterocycles. The van der Waals surface area contributed by atoms with Crippen LogP contribution < -0.4 is 10.6 Å². The number of carbonyl (C=O) groups is 4. The second kappa shape index (κ2) is 18.9. The summed E-state index contributed by atoms with van der Waals surface area (Å²) in [4.78, 5) is 68.0. The highest BCUT2D eigenvalue weighted by molar-refractivity contribution is 7.15. The van der Waals surface area contributed by atoms with E-state index >= 15 is 0 Å². The number of fused-ring (bicyclic) bond motifs is 3. The van der Waals surface area contributed by atoms with Crippen molar-refractivity contribution in [1.82, 2.24) is 35.3 Å². The third kappa shape index (κ3) is 9.41. The number of thiophene rings is 1. The highest BCUT2D eigenvalue weighted by Crippen LogP contribution is 2.48. The lowest BCUT2D eigenvalue weighted by molar-refractivity contribution is -0.144. The van der Waals surface area contributed by atoms with Gasteiger partial charge >= 0.3 is 5.97 Å². The van der Waals surface area contributed by atoms with E-state index in [-0.39, 0.29) is 61.0 Å². The fraction of sp³-hybridized carbons (Fsp3) is 0.396. The highest BCUT2D eigenvalue weighted by Gasteiger charge is 2.49. The van der Waals surface area contributed by atoms with Crippen molar-refractivity contribution >= 4 is 52.1 Å². The summed E-state index contributed by atoms with van der Waals surface area (Å²) >= 11 is 3.24. The molecule has 16 heteroatoms. The van der Waals surface area contributed by atoms with Crippen LogP contribution in [0.15, 0.2) is 83.3 Å². The number of nitrogens with zero attached hydrogens (tertiary/aromatic N) is 6. The van der Waals surface area contributed by atoms with Crippen molar-refractivity contribution in [3.05, 3.63) is 128 Å². The van der Waals surface area contributed by atoms with Crippen LogP contribution in [0.4, 0.5) is 0 Å². The fourth-order valence-corrected chi connectivity index (χ4v) is 11.7. The zero-order valence-corrected chi connectivity index (χ0v) is 42.0. The van der Waals surface area contributed by atoms with E-state index in [4.69, 9.17) is 9.73 Å². The smallest absolute Gasteiger partial charge is 0.308 e. The molecule has 3 aliphatic rings. The molecule has 3 aromatic heterocycles. The molecule has 2 fully saturated rings. The van der Waals surface area contributed by atoms with Crippen LogP contribution in [0.2, 0.25) is 0 Å². The molecule has 0 spiro atoms. The Kier molecular flexibility index (Phi) is 13.0. The number of nitrogens with one attached hydrogen (secondary N) is 2. The number of likely N-dealkylation sites (tertiary alicyclic amines) is 1. The average Bonchev–Trinajstić information content (AvgIpc) is 3.48. The number of hydrogen-bond donors (Lipinski definition) is 3. The predicted molar refractivity (Wildman–Crippen MR) is 268 cm³/mol. The number of benzene rings is 3. The molecule has 1 saturated carbocycles. The molecular weight excluding hydrogens is 909 g/mol. The van der Waals surface area contributed by atoms with Crippen LogP contribution >= 0.6 is 22.7 Å². The standard InChI is InChI=1S/C53H58N8O6S2/c1-27-30(4)69-52-44(27)45(56-41(24-43(63)67-9)48-59-58-31(5)61(48)52)36-18-14-34(15-19-36)33-12-16-35(17-13-33)39-23-40(39)49(64)57-47(53(6,7)8)51(66)60-25-38(62)22-42(60)50(65)55-28(2)32-10-20-37(21-11-32)46-29(3)54-26-68-46/h10-21,26,28,38-42,47,62H,22-25H2,1-9H3,(H,55,65)(H,57,64)/t28-,38+,39-,40+,41-,42-,47+/m0/s1. The van der Waals surface area contributed by atoms with Gasteiger partial charge in [-0.3, -0.25) is 28.7 Å². The number of thiazole rings is 1. The summed E-state index contributed by atoms with van der Waals surface area (Å²) in [6.45, 7) is 15.7. The lowest BCUT2D eigenvalue weighted by Gasteiger charge is -2.35. The number of aliphatic imine (C=N–C) groups is 1. The van der Waals surface area contributed by atoms with E-state index in [9.17, 15) is 24.3 Å². The molecule has 1 aliphatic carbocycles. The molecule has 0 unspecified atom stereocenters. The summed E-state index contributed by atoms with van der Waals surface area (Å²) < 4.78 is 7.06. The Hall–Kier alpha value is -6.36. The van der Waals surface area contributed by atoms with Gasteiger partial charge in [0.1, 0.15) is 29.0 Å². The van der Waals surface area contributed by atoms with Gasteiger partial charge in [-0.05, 0) is 85.8 Å². The molecule has 9 rings (SSSR count). The van der Waals surface area contributed by atoms with Gasteiger partial charge in [-0.15, -0.1) is 32.9 Å². The maximum atomic E-state index is 14.4. The van der Waals surface area contributed by atoms with E-state index in [2.05, 4.69) is 88.2 Å². The number of β-amino-alcohol motifs (C(OH)–C–C–N with tert-alkyl or cyclic N) is 1. The molecule has 2 aliphatic heterocycles. The Morgan fingerprint density at radius 1 is 0.855 bits per heavy atom. The van der Waals surface area contributed by atoms with Gasteiger partial charge in [0, 0.05) is 34.9 Å². The third-order valence-corrected chi connectivity index (χ3v) is 16.0. The van der Waals surface area contributed by atoms with Crippen molar-refractivity contribution in [2.75, 3.05) is 13.7 Å². The molecule has 3 amide bonds. The van der Waals surface area contributed by atoms with Gasteiger partial charge in [-0.2, -0.15) is 0 Å². The van der Waals surface area contributed by atoms with Crippen molar-refractivity contribution in [3.63, 3.8) is 0 Å². The van der Waals surface area contributed by atoms with Crippen LogP contribution in [0.1, 0.15) is 115 Å². The molecule has 1 saturated heterocycles. The fourth-order valence-electron chi connectivity index (χ4n) is 9.63. The number of aromatic nitrogens is 4.